The largest absolute Gasteiger partial charge is 0.366 e. The zero-order chi connectivity index (χ0) is 11.7. The lowest BCUT2D eigenvalue weighted by atomic mass is 9.98. The van der Waals surface area contributed by atoms with E-state index in [1.54, 1.807) is 6.33 Å². The summed E-state index contributed by atoms with van der Waals surface area (Å²) in [4.78, 5) is 11.0. The average molecular weight is 344 g/mol. The summed E-state index contributed by atoms with van der Waals surface area (Å²) < 4.78 is 1.11. The lowest BCUT2D eigenvalue weighted by molar-refractivity contribution is 0.188. The first-order chi connectivity index (χ1) is 8.33. The molecule has 2 unspecified atom stereocenters. The first-order valence-electron chi connectivity index (χ1n) is 6.29. The number of halogens is 1. The summed E-state index contributed by atoms with van der Waals surface area (Å²) in [6, 6.07) is 1.39. The van der Waals surface area contributed by atoms with Gasteiger partial charge in [-0.25, -0.2) is 9.97 Å². The molecule has 17 heavy (non-hydrogen) atoms. The molecule has 1 N–H and O–H groups in total. The highest BCUT2D eigenvalue weighted by atomic mass is 127. The standard InChI is InChI=1S/C12H17IN4/c13-11-7-14-8-15-12(11)16-9-3-5-17-4-1-2-10(17)6-9/h7-10H,1-6H2,(H,14,15,16). The maximum atomic E-state index is 4.31. The fourth-order valence-corrected chi connectivity index (χ4v) is 3.42. The number of rotatable bonds is 2. The normalized spacial score (nSPS) is 29.0. The first-order valence-corrected chi connectivity index (χ1v) is 7.37. The summed E-state index contributed by atoms with van der Waals surface area (Å²) >= 11 is 2.29. The second kappa shape index (κ2) is 5.06. The lowest BCUT2D eigenvalue weighted by Gasteiger charge is -2.35. The van der Waals surface area contributed by atoms with Crippen LogP contribution in [0.3, 0.4) is 0 Å². The first kappa shape index (κ1) is 11.6. The number of hydrogen-bond acceptors (Lipinski definition) is 4. The summed E-state index contributed by atoms with van der Waals surface area (Å²) in [6.07, 6.45) is 8.73. The van der Waals surface area contributed by atoms with E-state index in [2.05, 4.69) is 42.8 Å². The van der Waals surface area contributed by atoms with E-state index in [1.807, 2.05) is 6.20 Å². The molecule has 0 amide bonds. The van der Waals surface area contributed by atoms with Gasteiger partial charge in [-0.3, -0.25) is 0 Å². The Balaban J connectivity index is 1.64. The third-order valence-electron chi connectivity index (χ3n) is 3.83. The minimum atomic E-state index is 0.581. The van der Waals surface area contributed by atoms with Crippen LogP contribution < -0.4 is 5.32 Å². The Bertz CT molecular complexity index is 398. The summed E-state index contributed by atoms with van der Waals surface area (Å²) in [5.41, 5.74) is 0. The number of piperidine rings is 1. The highest BCUT2D eigenvalue weighted by Crippen LogP contribution is 2.28. The van der Waals surface area contributed by atoms with Gasteiger partial charge in [0.2, 0.25) is 0 Å². The van der Waals surface area contributed by atoms with Gasteiger partial charge in [0, 0.05) is 24.8 Å². The van der Waals surface area contributed by atoms with Crippen molar-refractivity contribution in [2.45, 2.75) is 37.8 Å². The Morgan fingerprint density at radius 1 is 1.35 bits per heavy atom. The van der Waals surface area contributed by atoms with Gasteiger partial charge in [0.25, 0.3) is 0 Å². The molecule has 2 aliphatic heterocycles. The number of hydrogen-bond donors (Lipinski definition) is 1. The highest BCUT2D eigenvalue weighted by Gasteiger charge is 2.31. The van der Waals surface area contributed by atoms with E-state index in [1.165, 1.54) is 38.8 Å². The summed E-state index contributed by atoms with van der Waals surface area (Å²) in [5.74, 6) is 0.997. The fraction of sp³-hybridized carbons (Fsp3) is 0.667. The molecule has 2 atom stereocenters. The van der Waals surface area contributed by atoms with Gasteiger partial charge in [0.15, 0.2) is 0 Å². The molecular formula is C12H17IN4. The van der Waals surface area contributed by atoms with Crippen LogP contribution in [0, 0.1) is 3.57 Å². The molecule has 3 rings (SSSR count). The van der Waals surface area contributed by atoms with Crippen LogP contribution in [0.15, 0.2) is 12.5 Å². The Kier molecular flexibility index (Phi) is 3.46. The number of anilines is 1. The van der Waals surface area contributed by atoms with Gasteiger partial charge < -0.3 is 10.2 Å². The number of aromatic nitrogens is 2. The smallest absolute Gasteiger partial charge is 0.143 e. The lowest BCUT2D eigenvalue weighted by Crippen LogP contribution is -2.42. The number of nitrogens with one attached hydrogen (secondary N) is 1. The molecule has 92 valence electrons. The van der Waals surface area contributed by atoms with Crippen molar-refractivity contribution < 1.29 is 0 Å². The van der Waals surface area contributed by atoms with Crippen molar-refractivity contribution in [3.63, 3.8) is 0 Å². The highest BCUT2D eigenvalue weighted by molar-refractivity contribution is 14.1. The number of fused-ring (bicyclic) bond motifs is 1. The Labute approximate surface area is 115 Å². The zero-order valence-electron chi connectivity index (χ0n) is 9.77. The van der Waals surface area contributed by atoms with E-state index in [9.17, 15) is 0 Å². The van der Waals surface area contributed by atoms with E-state index in [0.717, 1.165) is 15.4 Å². The topological polar surface area (TPSA) is 41.1 Å². The van der Waals surface area contributed by atoms with Crippen LogP contribution in [0.5, 0.6) is 0 Å². The Morgan fingerprint density at radius 3 is 3.18 bits per heavy atom. The summed E-state index contributed by atoms with van der Waals surface area (Å²) in [5, 5.41) is 3.58. The second-order valence-corrected chi connectivity index (χ2v) is 6.08. The minimum absolute atomic E-state index is 0.581. The SMILES string of the molecule is Ic1cncnc1NC1CCN2CCCC2C1. The molecule has 1 aromatic rings. The van der Waals surface area contributed by atoms with E-state index in [-0.39, 0.29) is 0 Å². The zero-order valence-corrected chi connectivity index (χ0v) is 11.9. The monoisotopic (exact) mass is 344 g/mol. The summed E-state index contributed by atoms with van der Waals surface area (Å²) in [6.45, 7) is 2.55. The molecule has 0 aromatic carbocycles. The molecule has 3 heterocycles. The minimum Gasteiger partial charge on any atom is -0.366 e. The van der Waals surface area contributed by atoms with E-state index in [0.29, 0.717) is 6.04 Å². The molecule has 4 nitrogen and oxygen atoms in total. The quantitative estimate of drug-likeness (QED) is 0.835. The third kappa shape index (κ3) is 2.54. The van der Waals surface area contributed by atoms with Crippen molar-refractivity contribution in [1.82, 2.24) is 14.9 Å². The molecule has 0 bridgehead atoms. The maximum Gasteiger partial charge on any atom is 0.143 e. The molecule has 2 aliphatic rings. The van der Waals surface area contributed by atoms with Crippen LogP contribution in [-0.2, 0) is 0 Å². The van der Waals surface area contributed by atoms with Crippen molar-refractivity contribution in [2.75, 3.05) is 18.4 Å². The Morgan fingerprint density at radius 2 is 2.29 bits per heavy atom. The number of nitrogens with zero attached hydrogens (tertiary/aromatic N) is 3. The average Bonchev–Trinajstić information content (AvgIpc) is 2.79. The van der Waals surface area contributed by atoms with Crippen molar-refractivity contribution in [3.8, 4) is 0 Å². The molecular weight excluding hydrogens is 327 g/mol. The van der Waals surface area contributed by atoms with Crippen molar-refractivity contribution in [3.05, 3.63) is 16.1 Å². The van der Waals surface area contributed by atoms with Gasteiger partial charge in [-0.1, -0.05) is 0 Å². The van der Waals surface area contributed by atoms with Gasteiger partial charge >= 0.3 is 0 Å². The van der Waals surface area contributed by atoms with Gasteiger partial charge in [-0.05, 0) is 54.8 Å². The molecule has 0 spiro atoms. The third-order valence-corrected chi connectivity index (χ3v) is 4.62. The molecule has 2 fully saturated rings. The van der Waals surface area contributed by atoms with E-state index < -0.39 is 0 Å². The molecule has 0 saturated carbocycles. The van der Waals surface area contributed by atoms with Gasteiger partial charge in [0.05, 0.1) is 3.57 Å². The van der Waals surface area contributed by atoms with Crippen LogP contribution in [0.4, 0.5) is 5.82 Å². The van der Waals surface area contributed by atoms with Gasteiger partial charge in [0.1, 0.15) is 12.1 Å². The van der Waals surface area contributed by atoms with Crippen LogP contribution in [-0.4, -0.2) is 40.0 Å². The fourth-order valence-electron chi connectivity index (χ4n) is 2.97. The predicted molar refractivity (Wildman–Crippen MR) is 76.0 cm³/mol. The van der Waals surface area contributed by atoms with Crippen LogP contribution in [0.1, 0.15) is 25.7 Å². The van der Waals surface area contributed by atoms with Crippen molar-refractivity contribution >= 4 is 28.4 Å². The van der Waals surface area contributed by atoms with Crippen LogP contribution >= 0.6 is 22.6 Å². The maximum absolute atomic E-state index is 4.31. The Hall–Kier alpha value is -0.430. The second-order valence-electron chi connectivity index (χ2n) is 4.92. The van der Waals surface area contributed by atoms with Gasteiger partial charge in [-0.2, -0.15) is 0 Å². The van der Waals surface area contributed by atoms with Crippen LogP contribution in [0.25, 0.3) is 0 Å². The predicted octanol–water partition coefficient (Wildman–Crippen LogP) is 2.12. The van der Waals surface area contributed by atoms with Crippen molar-refractivity contribution in [1.29, 1.82) is 0 Å². The van der Waals surface area contributed by atoms with Gasteiger partial charge in [-0.15, -0.1) is 0 Å². The van der Waals surface area contributed by atoms with Crippen LogP contribution in [0.2, 0.25) is 0 Å². The van der Waals surface area contributed by atoms with E-state index in [4.69, 9.17) is 0 Å². The molecule has 0 radical (unpaired) electrons. The van der Waals surface area contributed by atoms with E-state index >= 15 is 0 Å². The molecule has 5 heteroatoms. The molecule has 1 aromatic heterocycles. The molecule has 2 saturated heterocycles. The van der Waals surface area contributed by atoms with Crippen molar-refractivity contribution in [2.24, 2.45) is 0 Å². The summed E-state index contributed by atoms with van der Waals surface area (Å²) in [7, 11) is 0. The molecule has 0 aliphatic carbocycles.